The van der Waals surface area contributed by atoms with E-state index < -0.39 is 0 Å². The molecule has 2 aromatic carbocycles. The molecule has 0 saturated carbocycles. The fourth-order valence-electron chi connectivity index (χ4n) is 2.55. The first-order valence-electron chi connectivity index (χ1n) is 8.21. The Morgan fingerprint density at radius 2 is 1.85 bits per heavy atom. The molecule has 2 aromatic heterocycles. The van der Waals surface area contributed by atoms with Gasteiger partial charge in [0.05, 0.1) is 11.9 Å². The van der Waals surface area contributed by atoms with Crippen LogP contribution in [0, 0.1) is 6.92 Å². The van der Waals surface area contributed by atoms with E-state index in [1.54, 1.807) is 10.9 Å². The van der Waals surface area contributed by atoms with Gasteiger partial charge in [-0.3, -0.25) is 0 Å². The zero-order valence-electron chi connectivity index (χ0n) is 14.8. The van der Waals surface area contributed by atoms with Crippen LogP contribution in [0.1, 0.15) is 5.56 Å². The van der Waals surface area contributed by atoms with Crippen molar-refractivity contribution in [2.45, 2.75) is 6.92 Å². The van der Waals surface area contributed by atoms with Gasteiger partial charge in [0.25, 0.3) is 5.89 Å². The minimum atomic E-state index is 0.411. The van der Waals surface area contributed by atoms with Crippen LogP contribution in [-0.4, -0.2) is 39.2 Å². The highest BCUT2D eigenvalue weighted by molar-refractivity contribution is 5.63. The number of anilines is 1. The van der Waals surface area contributed by atoms with E-state index >= 15 is 0 Å². The van der Waals surface area contributed by atoms with Crippen molar-refractivity contribution < 1.29 is 4.52 Å². The van der Waals surface area contributed by atoms with E-state index in [1.165, 1.54) is 5.56 Å². The van der Waals surface area contributed by atoms with Gasteiger partial charge in [-0.15, -0.1) is 5.10 Å². The summed E-state index contributed by atoms with van der Waals surface area (Å²) in [5, 5.41) is 12.4. The minimum Gasteiger partial charge on any atom is -0.378 e. The Hall–Kier alpha value is -3.48. The zero-order valence-corrected chi connectivity index (χ0v) is 14.8. The fourth-order valence-corrected chi connectivity index (χ4v) is 2.55. The highest BCUT2D eigenvalue weighted by Gasteiger charge is 2.14. The van der Waals surface area contributed by atoms with Crippen molar-refractivity contribution in [1.29, 1.82) is 0 Å². The second-order valence-electron chi connectivity index (χ2n) is 6.25. The predicted molar refractivity (Wildman–Crippen MR) is 99.2 cm³/mol. The first-order valence-corrected chi connectivity index (χ1v) is 8.21. The van der Waals surface area contributed by atoms with Gasteiger partial charge in [0, 0.05) is 25.3 Å². The monoisotopic (exact) mass is 346 g/mol. The number of aryl methyl sites for hydroxylation is 1. The van der Waals surface area contributed by atoms with Crippen molar-refractivity contribution in [1.82, 2.24) is 25.1 Å². The normalized spacial score (nSPS) is 10.9. The number of benzene rings is 2. The molecule has 7 nitrogen and oxygen atoms in total. The molecule has 26 heavy (non-hydrogen) atoms. The van der Waals surface area contributed by atoms with E-state index in [2.05, 4.69) is 20.5 Å². The number of rotatable bonds is 4. The van der Waals surface area contributed by atoms with Crippen LogP contribution < -0.4 is 4.90 Å². The number of aromatic nitrogens is 5. The Morgan fingerprint density at radius 3 is 2.62 bits per heavy atom. The summed E-state index contributed by atoms with van der Waals surface area (Å²) in [7, 11) is 3.98. The van der Waals surface area contributed by atoms with Gasteiger partial charge in [-0.1, -0.05) is 34.1 Å². The second kappa shape index (κ2) is 6.44. The lowest BCUT2D eigenvalue weighted by Crippen LogP contribution is -2.08. The SMILES string of the molecule is Cc1ccc(-n2cc(-c3noc(-c4cccc(N(C)C)c4)n3)nn2)cc1. The number of hydrogen-bond donors (Lipinski definition) is 0. The van der Waals surface area contributed by atoms with Crippen LogP contribution in [0.3, 0.4) is 0 Å². The summed E-state index contributed by atoms with van der Waals surface area (Å²) in [6, 6.07) is 16.0. The summed E-state index contributed by atoms with van der Waals surface area (Å²) < 4.78 is 7.11. The minimum absolute atomic E-state index is 0.411. The predicted octanol–water partition coefficient (Wildman–Crippen LogP) is 3.36. The van der Waals surface area contributed by atoms with Gasteiger partial charge in [-0.05, 0) is 37.3 Å². The molecule has 0 fully saturated rings. The third kappa shape index (κ3) is 3.06. The summed E-state index contributed by atoms with van der Waals surface area (Å²) in [4.78, 5) is 6.48. The van der Waals surface area contributed by atoms with E-state index in [4.69, 9.17) is 4.52 Å². The maximum absolute atomic E-state index is 5.41. The van der Waals surface area contributed by atoms with Crippen LogP contribution in [0.2, 0.25) is 0 Å². The molecule has 0 bridgehead atoms. The lowest BCUT2D eigenvalue weighted by atomic mass is 10.2. The van der Waals surface area contributed by atoms with Crippen LogP contribution in [0.15, 0.2) is 59.3 Å². The van der Waals surface area contributed by atoms with E-state index in [0.29, 0.717) is 17.4 Å². The number of nitrogens with zero attached hydrogens (tertiary/aromatic N) is 6. The van der Waals surface area contributed by atoms with Crippen molar-refractivity contribution in [2.75, 3.05) is 19.0 Å². The molecule has 0 aliphatic rings. The molecule has 4 aromatic rings. The van der Waals surface area contributed by atoms with E-state index in [0.717, 1.165) is 16.9 Å². The quantitative estimate of drug-likeness (QED) is 0.564. The van der Waals surface area contributed by atoms with E-state index in [9.17, 15) is 0 Å². The van der Waals surface area contributed by atoms with Crippen molar-refractivity contribution in [3.8, 4) is 28.7 Å². The Bertz CT molecular complexity index is 1030. The standard InChI is InChI=1S/C19H18N6O/c1-13-7-9-15(10-8-13)25-12-17(21-23-25)18-20-19(26-22-18)14-5-4-6-16(11-14)24(2)3/h4-12H,1-3H3. The fraction of sp³-hybridized carbons (Fsp3) is 0.158. The summed E-state index contributed by atoms with van der Waals surface area (Å²) in [5.74, 6) is 0.863. The molecule has 0 N–H and O–H groups in total. The Labute approximate surface area is 150 Å². The summed E-state index contributed by atoms with van der Waals surface area (Å²) in [6.45, 7) is 2.04. The average molecular weight is 346 g/mol. The largest absolute Gasteiger partial charge is 0.378 e. The molecule has 2 heterocycles. The molecule has 7 heteroatoms. The maximum Gasteiger partial charge on any atom is 0.258 e. The Morgan fingerprint density at radius 1 is 1.04 bits per heavy atom. The molecule has 0 aliphatic heterocycles. The van der Waals surface area contributed by atoms with E-state index in [1.807, 2.05) is 74.4 Å². The number of hydrogen-bond acceptors (Lipinski definition) is 6. The summed E-state index contributed by atoms with van der Waals surface area (Å²) in [5.41, 5.74) is 4.60. The van der Waals surface area contributed by atoms with Crippen molar-refractivity contribution in [2.24, 2.45) is 0 Å². The molecule has 0 atom stereocenters. The molecule has 0 spiro atoms. The van der Waals surface area contributed by atoms with Crippen molar-refractivity contribution in [3.05, 3.63) is 60.3 Å². The molecular formula is C19H18N6O. The van der Waals surface area contributed by atoms with Gasteiger partial charge in [-0.2, -0.15) is 4.98 Å². The van der Waals surface area contributed by atoms with Crippen LogP contribution in [0.25, 0.3) is 28.7 Å². The molecular weight excluding hydrogens is 328 g/mol. The highest BCUT2D eigenvalue weighted by atomic mass is 16.5. The molecule has 4 rings (SSSR count). The van der Waals surface area contributed by atoms with Gasteiger partial charge in [-0.25, -0.2) is 4.68 Å². The Kier molecular flexibility index (Phi) is 3.96. The van der Waals surface area contributed by atoms with Gasteiger partial charge in [0.1, 0.15) is 0 Å². The summed E-state index contributed by atoms with van der Waals surface area (Å²) >= 11 is 0. The average Bonchev–Trinajstić information content (AvgIpc) is 3.32. The van der Waals surface area contributed by atoms with Gasteiger partial charge in [0.2, 0.25) is 5.82 Å². The topological polar surface area (TPSA) is 72.9 Å². The lowest BCUT2D eigenvalue weighted by Gasteiger charge is -2.12. The molecule has 0 saturated heterocycles. The smallest absolute Gasteiger partial charge is 0.258 e. The van der Waals surface area contributed by atoms with E-state index in [-0.39, 0.29) is 0 Å². The van der Waals surface area contributed by atoms with Crippen LogP contribution in [0.5, 0.6) is 0 Å². The first-order chi connectivity index (χ1) is 12.6. The molecule has 130 valence electrons. The van der Waals surface area contributed by atoms with Crippen LogP contribution in [-0.2, 0) is 0 Å². The third-order valence-electron chi connectivity index (χ3n) is 4.06. The highest BCUT2D eigenvalue weighted by Crippen LogP contribution is 2.24. The second-order valence-corrected chi connectivity index (χ2v) is 6.25. The van der Waals surface area contributed by atoms with Crippen molar-refractivity contribution >= 4 is 5.69 Å². The first kappa shape index (κ1) is 16.0. The maximum atomic E-state index is 5.41. The van der Waals surface area contributed by atoms with Crippen LogP contribution in [0.4, 0.5) is 5.69 Å². The van der Waals surface area contributed by atoms with Crippen molar-refractivity contribution in [3.63, 3.8) is 0 Å². The molecule has 0 unspecified atom stereocenters. The van der Waals surface area contributed by atoms with Gasteiger partial charge < -0.3 is 9.42 Å². The van der Waals surface area contributed by atoms with Crippen LogP contribution >= 0.6 is 0 Å². The summed E-state index contributed by atoms with van der Waals surface area (Å²) in [6.07, 6.45) is 1.79. The third-order valence-corrected chi connectivity index (χ3v) is 4.06. The van der Waals surface area contributed by atoms with Gasteiger partial charge >= 0.3 is 0 Å². The zero-order chi connectivity index (χ0) is 18.1. The Balaban J connectivity index is 1.62. The lowest BCUT2D eigenvalue weighted by molar-refractivity contribution is 0.432. The molecule has 0 radical (unpaired) electrons. The molecule has 0 amide bonds. The van der Waals surface area contributed by atoms with Gasteiger partial charge in [0.15, 0.2) is 5.69 Å². The molecule has 0 aliphatic carbocycles.